The molecule has 1 aliphatic carbocycles. The number of amides is 1. The van der Waals surface area contributed by atoms with Gasteiger partial charge < -0.3 is 5.32 Å². The Kier molecular flexibility index (Phi) is 5.59. The van der Waals surface area contributed by atoms with E-state index in [0.29, 0.717) is 21.2 Å². The molecule has 0 radical (unpaired) electrons. The average molecular weight is 382 g/mol. The Morgan fingerprint density at radius 2 is 1.79 bits per heavy atom. The van der Waals surface area contributed by atoms with Gasteiger partial charge in [0.05, 0.1) is 5.56 Å². The highest BCUT2D eigenvalue weighted by Crippen LogP contribution is 2.38. The minimum atomic E-state index is -0.293. The Morgan fingerprint density at radius 3 is 2.50 bits per heavy atom. The number of benzene rings is 1. The summed E-state index contributed by atoms with van der Waals surface area (Å²) >= 11 is 13.0. The third-order valence-corrected chi connectivity index (χ3v) is 5.83. The molecule has 24 heavy (non-hydrogen) atoms. The van der Waals surface area contributed by atoms with Gasteiger partial charge in [0.1, 0.15) is 10.9 Å². The molecule has 0 saturated carbocycles. The largest absolute Gasteiger partial charge is 0.316 e. The Labute approximate surface area is 155 Å². The molecule has 2 aromatic rings. The molecule has 1 N–H and O–H groups in total. The maximum Gasteiger partial charge on any atom is 0.239 e. The lowest BCUT2D eigenvalue weighted by Crippen LogP contribution is -2.15. The summed E-state index contributed by atoms with van der Waals surface area (Å²) in [6.45, 7) is 0. The number of carbonyl (C=O) groups is 2. The fourth-order valence-electron chi connectivity index (χ4n) is 2.98. The highest BCUT2D eigenvalue weighted by molar-refractivity contribution is 7.17. The van der Waals surface area contributed by atoms with Crippen LogP contribution in [0.25, 0.3) is 0 Å². The first kappa shape index (κ1) is 17.5. The van der Waals surface area contributed by atoms with Crippen molar-refractivity contribution in [1.82, 2.24) is 0 Å². The van der Waals surface area contributed by atoms with Gasteiger partial charge in [-0.15, -0.1) is 22.9 Å². The Hall–Kier alpha value is -1.36. The lowest BCUT2D eigenvalue weighted by atomic mass is 9.97. The molecule has 6 heteroatoms. The summed E-state index contributed by atoms with van der Waals surface area (Å²) in [4.78, 5) is 26.0. The zero-order chi connectivity index (χ0) is 17.1. The van der Waals surface area contributed by atoms with Crippen LogP contribution in [0.4, 0.5) is 5.00 Å². The maximum atomic E-state index is 13.1. The molecular formula is C18H17Cl2NO2S. The lowest BCUT2D eigenvalue weighted by Gasteiger charge is -2.08. The lowest BCUT2D eigenvalue weighted by molar-refractivity contribution is -0.113. The number of halogens is 2. The van der Waals surface area contributed by atoms with Crippen LogP contribution in [0.3, 0.4) is 0 Å². The predicted molar refractivity (Wildman–Crippen MR) is 99.8 cm³/mol. The van der Waals surface area contributed by atoms with Crippen LogP contribution < -0.4 is 5.32 Å². The van der Waals surface area contributed by atoms with Crippen molar-refractivity contribution < 1.29 is 9.59 Å². The first-order valence-corrected chi connectivity index (χ1v) is 9.63. The van der Waals surface area contributed by atoms with Crippen molar-refractivity contribution in [3.05, 3.63) is 50.9 Å². The molecule has 0 fully saturated rings. The highest BCUT2D eigenvalue weighted by atomic mass is 35.5. The number of fused-ring (bicyclic) bond motifs is 1. The number of nitrogens with one attached hydrogen (secondary N) is 1. The van der Waals surface area contributed by atoms with Gasteiger partial charge in [-0.05, 0) is 55.5 Å². The van der Waals surface area contributed by atoms with Crippen LogP contribution >= 0.6 is 34.5 Å². The summed E-state index contributed by atoms with van der Waals surface area (Å²) in [6.07, 6.45) is 5.17. The number of rotatable bonds is 4. The van der Waals surface area contributed by atoms with Crippen molar-refractivity contribution in [2.24, 2.45) is 0 Å². The number of ketones is 1. The Bertz CT molecular complexity index is 768. The van der Waals surface area contributed by atoms with E-state index >= 15 is 0 Å². The third-order valence-electron chi connectivity index (χ3n) is 4.13. The van der Waals surface area contributed by atoms with Gasteiger partial charge in [0.15, 0.2) is 5.78 Å². The van der Waals surface area contributed by atoms with Crippen molar-refractivity contribution in [1.29, 1.82) is 0 Å². The predicted octanol–water partition coefficient (Wildman–Crippen LogP) is 5.08. The Balaban J connectivity index is 2.05. The number of anilines is 1. The molecule has 0 atom stereocenters. The third kappa shape index (κ3) is 3.66. The normalized spacial score (nSPS) is 13.9. The summed E-state index contributed by atoms with van der Waals surface area (Å²) in [5.74, 6) is -0.494. The van der Waals surface area contributed by atoms with E-state index in [2.05, 4.69) is 5.32 Å². The first-order valence-electron chi connectivity index (χ1n) is 7.90. The van der Waals surface area contributed by atoms with E-state index in [0.717, 1.165) is 31.2 Å². The quantitative estimate of drug-likeness (QED) is 0.455. The maximum absolute atomic E-state index is 13.1. The average Bonchev–Trinajstić information content (AvgIpc) is 2.75. The van der Waals surface area contributed by atoms with E-state index in [9.17, 15) is 9.59 Å². The fourth-order valence-corrected chi connectivity index (χ4v) is 4.47. The van der Waals surface area contributed by atoms with Gasteiger partial charge >= 0.3 is 0 Å². The first-order chi connectivity index (χ1) is 11.6. The second-order valence-electron chi connectivity index (χ2n) is 5.79. The molecule has 1 aromatic heterocycles. The van der Waals surface area contributed by atoms with Gasteiger partial charge in [-0.2, -0.15) is 0 Å². The van der Waals surface area contributed by atoms with Crippen molar-refractivity contribution >= 4 is 51.2 Å². The molecule has 1 aromatic carbocycles. The number of aryl methyl sites for hydroxylation is 1. The van der Waals surface area contributed by atoms with Crippen molar-refractivity contribution in [2.75, 3.05) is 11.2 Å². The Morgan fingerprint density at radius 1 is 1.08 bits per heavy atom. The second kappa shape index (κ2) is 7.68. The second-order valence-corrected chi connectivity index (χ2v) is 7.60. The van der Waals surface area contributed by atoms with Crippen molar-refractivity contribution in [3.63, 3.8) is 0 Å². The van der Waals surface area contributed by atoms with E-state index in [1.54, 1.807) is 24.3 Å². The zero-order valence-corrected chi connectivity index (χ0v) is 15.4. The molecule has 3 nitrogen and oxygen atoms in total. The minimum Gasteiger partial charge on any atom is -0.316 e. The molecule has 3 rings (SSSR count). The van der Waals surface area contributed by atoms with Crippen LogP contribution in [0.1, 0.15) is 45.6 Å². The number of alkyl halides is 1. The summed E-state index contributed by atoms with van der Waals surface area (Å²) in [5, 5.41) is 4.01. The molecule has 0 aliphatic heterocycles. The van der Waals surface area contributed by atoms with E-state index in [-0.39, 0.29) is 17.6 Å². The van der Waals surface area contributed by atoms with Crippen LogP contribution in [0.5, 0.6) is 0 Å². The molecule has 1 amide bonds. The summed E-state index contributed by atoms with van der Waals surface area (Å²) < 4.78 is 0. The summed E-state index contributed by atoms with van der Waals surface area (Å²) in [5.41, 5.74) is 2.28. The molecule has 0 bridgehead atoms. The van der Waals surface area contributed by atoms with Gasteiger partial charge in [-0.1, -0.05) is 18.0 Å². The SMILES string of the molecule is O=C(CCl)Nc1sc2c(c1C(=O)c1ccc(Cl)cc1)CCCCC2. The van der Waals surface area contributed by atoms with Crippen LogP contribution in [0, 0.1) is 0 Å². The van der Waals surface area contributed by atoms with Gasteiger partial charge in [-0.25, -0.2) is 0 Å². The molecule has 0 unspecified atom stereocenters. The fraction of sp³-hybridized carbons (Fsp3) is 0.333. The molecular weight excluding hydrogens is 365 g/mol. The monoisotopic (exact) mass is 381 g/mol. The summed E-state index contributed by atoms with van der Waals surface area (Å²) in [7, 11) is 0. The number of carbonyl (C=O) groups excluding carboxylic acids is 2. The standard InChI is InChI=1S/C18H17Cl2NO2S/c19-10-15(22)21-18-16(13-4-2-1-3-5-14(13)24-18)17(23)11-6-8-12(20)9-7-11/h6-9H,1-5,10H2,(H,21,22). The highest BCUT2D eigenvalue weighted by Gasteiger charge is 2.26. The van der Waals surface area contributed by atoms with E-state index in [1.807, 2.05) is 0 Å². The van der Waals surface area contributed by atoms with Gasteiger partial charge in [0.25, 0.3) is 0 Å². The van der Waals surface area contributed by atoms with Crippen molar-refractivity contribution in [3.8, 4) is 0 Å². The molecule has 126 valence electrons. The number of hydrogen-bond acceptors (Lipinski definition) is 3. The topological polar surface area (TPSA) is 46.2 Å². The summed E-state index contributed by atoms with van der Waals surface area (Å²) in [6, 6.07) is 6.85. The van der Waals surface area contributed by atoms with Crippen LogP contribution in [-0.4, -0.2) is 17.6 Å². The minimum absolute atomic E-state index is 0.0732. The van der Waals surface area contributed by atoms with Crippen LogP contribution in [0.2, 0.25) is 5.02 Å². The number of thiophene rings is 1. The van der Waals surface area contributed by atoms with Crippen molar-refractivity contribution in [2.45, 2.75) is 32.1 Å². The van der Waals surface area contributed by atoms with Crippen LogP contribution in [0.15, 0.2) is 24.3 Å². The van der Waals surface area contributed by atoms with Gasteiger partial charge in [0.2, 0.25) is 5.91 Å². The van der Waals surface area contributed by atoms with Crippen LogP contribution in [-0.2, 0) is 17.6 Å². The zero-order valence-electron chi connectivity index (χ0n) is 13.0. The van der Waals surface area contributed by atoms with E-state index < -0.39 is 0 Å². The molecule has 0 spiro atoms. The smallest absolute Gasteiger partial charge is 0.239 e. The molecule has 1 aliphatic rings. The van der Waals surface area contributed by atoms with E-state index in [1.165, 1.54) is 22.6 Å². The molecule has 1 heterocycles. The van der Waals surface area contributed by atoms with Gasteiger partial charge in [-0.3, -0.25) is 9.59 Å². The van der Waals surface area contributed by atoms with Gasteiger partial charge in [0, 0.05) is 15.5 Å². The van der Waals surface area contributed by atoms with E-state index in [4.69, 9.17) is 23.2 Å². The number of hydrogen-bond donors (Lipinski definition) is 1. The molecule has 0 saturated heterocycles.